The minimum atomic E-state index is 0.591. The highest BCUT2D eigenvalue weighted by Gasteiger charge is 2.11. The molecule has 1 aliphatic heterocycles. The number of imidazole rings is 1. The number of rotatable bonds is 1. The Kier molecular flexibility index (Phi) is 1.81. The fourth-order valence-electron chi connectivity index (χ4n) is 1.68. The molecule has 0 amide bonds. The van der Waals surface area contributed by atoms with Gasteiger partial charge in [-0.2, -0.15) is 0 Å². The van der Waals surface area contributed by atoms with Gasteiger partial charge in [-0.3, -0.25) is 0 Å². The summed E-state index contributed by atoms with van der Waals surface area (Å²) in [5.74, 6) is 0.946. The minimum Gasteiger partial charge on any atom is -0.487 e. The summed E-state index contributed by atoms with van der Waals surface area (Å²) in [5, 5.41) is 0. The van der Waals surface area contributed by atoms with Gasteiger partial charge in [-0.25, -0.2) is 4.98 Å². The van der Waals surface area contributed by atoms with Crippen molar-refractivity contribution in [3.8, 4) is 5.75 Å². The molecule has 0 N–H and O–H groups in total. The van der Waals surface area contributed by atoms with Crippen LogP contribution in [0.1, 0.15) is 5.56 Å². The van der Waals surface area contributed by atoms with E-state index in [9.17, 15) is 0 Å². The average molecular weight is 198 g/mol. The van der Waals surface area contributed by atoms with Gasteiger partial charge in [0.25, 0.3) is 0 Å². The Morgan fingerprint density at radius 2 is 2.20 bits per heavy atom. The molecule has 0 bridgehead atoms. The van der Waals surface area contributed by atoms with Gasteiger partial charge in [-0.05, 0) is 12.1 Å². The standard InChI is InChI=1S/C12H10N2O/c1-2-4-12-10(3-1)7-11(8-15-12)14-6-5-13-9-14/h1-7,9H,8H2. The van der Waals surface area contributed by atoms with E-state index < -0.39 is 0 Å². The van der Waals surface area contributed by atoms with E-state index in [1.807, 2.05) is 35.0 Å². The maximum absolute atomic E-state index is 5.64. The van der Waals surface area contributed by atoms with Crippen LogP contribution in [0, 0.1) is 0 Å². The molecule has 2 aromatic rings. The van der Waals surface area contributed by atoms with Crippen molar-refractivity contribution >= 4 is 11.8 Å². The first-order chi connectivity index (χ1) is 7.43. The molecule has 1 aliphatic rings. The topological polar surface area (TPSA) is 27.1 Å². The fraction of sp³-hybridized carbons (Fsp3) is 0.0833. The van der Waals surface area contributed by atoms with E-state index in [0.29, 0.717) is 6.61 Å². The number of ether oxygens (including phenoxy) is 1. The molecule has 0 atom stereocenters. The van der Waals surface area contributed by atoms with Crippen molar-refractivity contribution in [2.75, 3.05) is 6.61 Å². The first-order valence-corrected chi connectivity index (χ1v) is 4.84. The Bertz CT molecular complexity index is 500. The zero-order valence-corrected chi connectivity index (χ0v) is 8.13. The molecule has 0 fully saturated rings. The van der Waals surface area contributed by atoms with Crippen molar-refractivity contribution in [1.82, 2.24) is 9.55 Å². The predicted molar refractivity (Wildman–Crippen MR) is 58.3 cm³/mol. The lowest BCUT2D eigenvalue weighted by atomic mass is 10.1. The van der Waals surface area contributed by atoms with Crippen molar-refractivity contribution in [2.45, 2.75) is 0 Å². The third-order valence-corrected chi connectivity index (χ3v) is 2.45. The van der Waals surface area contributed by atoms with E-state index in [1.54, 1.807) is 12.5 Å². The summed E-state index contributed by atoms with van der Waals surface area (Å²) in [6, 6.07) is 8.02. The molecule has 3 heteroatoms. The van der Waals surface area contributed by atoms with Gasteiger partial charge >= 0.3 is 0 Å². The maximum Gasteiger partial charge on any atom is 0.129 e. The van der Waals surface area contributed by atoms with Crippen LogP contribution in [0.2, 0.25) is 0 Å². The summed E-state index contributed by atoms with van der Waals surface area (Å²) in [6.45, 7) is 0.591. The fourth-order valence-corrected chi connectivity index (χ4v) is 1.68. The lowest BCUT2D eigenvalue weighted by Gasteiger charge is -2.17. The van der Waals surface area contributed by atoms with Gasteiger partial charge in [0.05, 0.1) is 12.0 Å². The number of benzene rings is 1. The normalized spacial score (nSPS) is 14.0. The van der Waals surface area contributed by atoms with E-state index in [1.165, 1.54) is 0 Å². The van der Waals surface area contributed by atoms with E-state index >= 15 is 0 Å². The third-order valence-electron chi connectivity index (χ3n) is 2.45. The Morgan fingerprint density at radius 1 is 1.27 bits per heavy atom. The van der Waals surface area contributed by atoms with Gasteiger partial charge in [0, 0.05) is 18.0 Å². The number of nitrogens with zero attached hydrogens (tertiary/aromatic N) is 2. The van der Waals surface area contributed by atoms with Gasteiger partial charge in [0.1, 0.15) is 12.4 Å². The molecule has 0 unspecified atom stereocenters. The number of hydrogen-bond donors (Lipinski definition) is 0. The SMILES string of the molecule is C1=C(n2ccnc2)COc2ccccc21. The third kappa shape index (κ3) is 1.42. The molecular weight excluding hydrogens is 188 g/mol. The molecule has 3 rings (SSSR count). The molecule has 0 spiro atoms. The van der Waals surface area contributed by atoms with E-state index in [2.05, 4.69) is 11.1 Å². The Labute approximate surface area is 87.6 Å². The quantitative estimate of drug-likeness (QED) is 0.702. The van der Waals surface area contributed by atoms with Crippen LogP contribution in [0.4, 0.5) is 0 Å². The van der Waals surface area contributed by atoms with Crippen LogP contribution in [0.5, 0.6) is 5.75 Å². The summed E-state index contributed by atoms with van der Waals surface area (Å²) in [4.78, 5) is 4.02. The Morgan fingerprint density at radius 3 is 3.07 bits per heavy atom. The molecule has 3 nitrogen and oxygen atoms in total. The highest BCUT2D eigenvalue weighted by atomic mass is 16.5. The van der Waals surface area contributed by atoms with Crippen molar-refractivity contribution in [3.63, 3.8) is 0 Å². The molecule has 1 aromatic carbocycles. The lowest BCUT2D eigenvalue weighted by molar-refractivity contribution is 0.359. The zero-order chi connectivity index (χ0) is 10.1. The van der Waals surface area contributed by atoms with Crippen LogP contribution < -0.4 is 4.74 Å². The van der Waals surface area contributed by atoms with Crippen molar-refractivity contribution in [2.24, 2.45) is 0 Å². The minimum absolute atomic E-state index is 0.591. The maximum atomic E-state index is 5.64. The molecule has 2 heterocycles. The smallest absolute Gasteiger partial charge is 0.129 e. The largest absolute Gasteiger partial charge is 0.487 e. The van der Waals surface area contributed by atoms with E-state index in [4.69, 9.17) is 4.74 Å². The van der Waals surface area contributed by atoms with Gasteiger partial charge < -0.3 is 9.30 Å². The van der Waals surface area contributed by atoms with Crippen LogP contribution in [0.3, 0.4) is 0 Å². The van der Waals surface area contributed by atoms with Gasteiger partial charge in [0.2, 0.25) is 0 Å². The highest BCUT2D eigenvalue weighted by molar-refractivity contribution is 5.76. The lowest BCUT2D eigenvalue weighted by Crippen LogP contribution is -2.10. The second-order valence-electron chi connectivity index (χ2n) is 3.43. The van der Waals surface area contributed by atoms with Crippen molar-refractivity contribution in [3.05, 3.63) is 48.5 Å². The number of hydrogen-bond acceptors (Lipinski definition) is 2. The number of aromatic nitrogens is 2. The molecular formula is C12H10N2O. The highest BCUT2D eigenvalue weighted by Crippen LogP contribution is 2.27. The monoisotopic (exact) mass is 198 g/mol. The van der Waals surface area contributed by atoms with Crippen LogP contribution >= 0.6 is 0 Å². The van der Waals surface area contributed by atoms with Crippen LogP contribution in [0.25, 0.3) is 11.8 Å². The molecule has 1 aromatic heterocycles. The second kappa shape index (κ2) is 3.28. The number of para-hydroxylation sites is 1. The van der Waals surface area contributed by atoms with Crippen molar-refractivity contribution in [1.29, 1.82) is 0 Å². The van der Waals surface area contributed by atoms with Crippen LogP contribution in [-0.2, 0) is 0 Å². The summed E-state index contributed by atoms with van der Waals surface area (Å²) < 4.78 is 7.61. The molecule has 15 heavy (non-hydrogen) atoms. The average Bonchev–Trinajstić information content (AvgIpc) is 2.82. The van der Waals surface area contributed by atoms with Gasteiger partial charge in [-0.15, -0.1) is 0 Å². The van der Waals surface area contributed by atoms with Crippen LogP contribution in [0.15, 0.2) is 43.0 Å². The Hall–Kier alpha value is -2.03. The zero-order valence-electron chi connectivity index (χ0n) is 8.13. The van der Waals surface area contributed by atoms with Crippen LogP contribution in [-0.4, -0.2) is 16.2 Å². The first-order valence-electron chi connectivity index (χ1n) is 4.84. The Balaban J connectivity index is 2.06. The summed E-state index contributed by atoms with van der Waals surface area (Å²) in [5.41, 5.74) is 2.22. The molecule has 0 saturated heterocycles. The molecule has 0 saturated carbocycles. The summed E-state index contributed by atoms with van der Waals surface area (Å²) in [7, 11) is 0. The van der Waals surface area contributed by atoms with Gasteiger partial charge in [0.15, 0.2) is 0 Å². The molecule has 74 valence electrons. The van der Waals surface area contributed by atoms with E-state index in [0.717, 1.165) is 17.0 Å². The first kappa shape index (κ1) is 8.29. The van der Waals surface area contributed by atoms with Gasteiger partial charge in [-0.1, -0.05) is 18.2 Å². The predicted octanol–water partition coefficient (Wildman–Crippen LogP) is 2.27. The van der Waals surface area contributed by atoms with Crippen molar-refractivity contribution < 1.29 is 4.74 Å². The second-order valence-corrected chi connectivity index (χ2v) is 3.43. The summed E-state index contributed by atoms with van der Waals surface area (Å²) >= 11 is 0. The molecule has 0 radical (unpaired) electrons. The number of fused-ring (bicyclic) bond motifs is 1. The summed E-state index contributed by atoms with van der Waals surface area (Å²) in [6.07, 6.45) is 7.59. The molecule has 0 aliphatic carbocycles. The van der Waals surface area contributed by atoms with E-state index in [-0.39, 0.29) is 0 Å².